The number of amidine groups is 1. The van der Waals surface area contributed by atoms with Crippen molar-refractivity contribution in [2.45, 2.75) is 24.9 Å². The molecule has 0 amide bonds. The summed E-state index contributed by atoms with van der Waals surface area (Å²) in [5.74, 6) is -0.988. The van der Waals surface area contributed by atoms with Gasteiger partial charge in [-0.1, -0.05) is 48.2 Å². The maximum absolute atomic E-state index is 13.2. The predicted molar refractivity (Wildman–Crippen MR) is 116 cm³/mol. The molecule has 32 heavy (non-hydrogen) atoms. The van der Waals surface area contributed by atoms with Gasteiger partial charge in [0.25, 0.3) is 0 Å². The molecule has 0 aromatic heterocycles. The van der Waals surface area contributed by atoms with Gasteiger partial charge < -0.3 is 9.64 Å². The number of anilines is 1. The van der Waals surface area contributed by atoms with E-state index in [1.807, 2.05) is 30.3 Å². The van der Waals surface area contributed by atoms with Crippen LogP contribution in [0.2, 0.25) is 0 Å². The maximum Gasteiger partial charge on any atom is 0.416 e. The Bertz CT molecular complexity index is 1140. The number of halogens is 3. The first-order valence-electron chi connectivity index (χ1n) is 9.69. The lowest BCUT2D eigenvalue weighted by Gasteiger charge is -2.27. The second-order valence-electron chi connectivity index (χ2n) is 7.48. The van der Waals surface area contributed by atoms with Crippen LogP contribution in [0.15, 0.2) is 59.6 Å². The summed E-state index contributed by atoms with van der Waals surface area (Å²) in [5.41, 5.74) is 0.175. The highest BCUT2D eigenvalue weighted by molar-refractivity contribution is 8.14. The van der Waals surface area contributed by atoms with Crippen LogP contribution in [0.5, 0.6) is 0 Å². The zero-order chi connectivity index (χ0) is 22.9. The molecule has 11 heteroatoms. The lowest BCUT2D eigenvalue weighted by atomic mass is 10.1. The Balaban J connectivity index is 1.50. The second kappa shape index (κ2) is 8.78. The first-order chi connectivity index (χ1) is 15.1. The molecule has 6 nitrogen and oxygen atoms in total. The minimum Gasteiger partial charge on any atom is -0.460 e. The molecule has 0 unspecified atom stereocenters. The quantitative estimate of drug-likeness (QED) is 0.605. The van der Waals surface area contributed by atoms with E-state index in [1.54, 1.807) is 0 Å². The monoisotopic (exact) mass is 484 g/mol. The van der Waals surface area contributed by atoms with E-state index >= 15 is 0 Å². The van der Waals surface area contributed by atoms with Crippen LogP contribution in [0.1, 0.15) is 11.1 Å². The number of rotatable bonds is 5. The third-order valence-corrected chi connectivity index (χ3v) is 7.76. The molecular weight excluding hydrogens is 465 g/mol. The lowest BCUT2D eigenvalue weighted by Crippen LogP contribution is -2.39. The molecule has 2 heterocycles. The largest absolute Gasteiger partial charge is 0.460 e. The maximum atomic E-state index is 13.2. The Morgan fingerprint density at radius 1 is 1.12 bits per heavy atom. The van der Waals surface area contributed by atoms with Crippen LogP contribution in [-0.4, -0.2) is 48.9 Å². The number of carbonyl (C=O) groups excluding carboxylic acids is 1. The van der Waals surface area contributed by atoms with E-state index in [-0.39, 0.29) is 29.6 Å². The van der Waals surface area contributed by atoms with Crippen LogP contribution in [0.4, 0.5) is 18.9 Å². The summed E-state index contributed by atoms with van der Waals surface area (Å²) in [6.07, 6.45) is -4.54. The van der Waals surface area contributed by atoms with E-state index in [2.05, 4.69) is 4.99 Å². The predicted octanol–water partition coefficient (Wildman–Crippen LogP) is 3.52. The zero-order valence-electron chi connectivity index (χ0n) is 16.7. The fourth-order valence-electron chi connectivity index (χ4n) is 3.67. The Kier molecular flexibility index (Phi) is 6.22. The number of nitrogens with zero attached hydrogens (tertiary/aromatic N) is 2. The molecule has 170 valence electrons. The third kappa shape index (κ3) is 5.09. The molecule has 0 bridgehead atoms. The van der Waals surface area contributed by atoms with Crippen LogP contribution in [-0.2, 0) is 32.2 Å². The summed E-state index contributed by atoms with van der Waals surface area (Å²) in [5, 5.41) is 0.311. The average molecular weight is 485 g/mol. The fourth-order valence-corrected chi connectivity index (χ4v) is 6.44. The second-order valence-corrected chi connectivity index (χ2v) is 10.6. The van der Waals surface area contributed by atoms with E-state index in [0.29, 0.717) is 5.17 Å². The number of sulfone groups is 1. The number of thioether (sulfide) groups is 1. The molecule has 0 N–H and O–H groups in total. The van der Waals surface area contributed by atoms with Gasteiger partial charge in [0.15, 0.2) is 15.0 Å². The fraction of sp³-hybridized carbons (Fsp3) is 0.333. The van der Waals surface area contributed by atoms with Gasteiger partial charge in [-0.15, -0.1) is 0 Å². The molecule has 2 aliphatic heterocycles. The molecule has 2 aromatic carbocycles. The SMILES string of the molecule is O=C(CSC1=N[C@H]2CS(=O)(=O)C[C@@H]2N1c1cccc(C(F)(F)F)c1)OCc1ccccc1. The van der Waals surface area contributed by atoms with E-state index in [9.17, 15) is 26.4 Å². The minimum absolute atomic E-state index is 0.104. The summed E-state index contributed by atoms with van der Waals surface area (Å²) in [7, 11) is -3.35. The molecule has 2 aromatic rings. The molecule has 0 radical (unpaired) electrons. The summed E-state index contributed by atoms with van der Waals surface area (Å²) in [4.78, 5) is 18.1. The third-order valence-electron chi connectivity index (χ3n) is 5.12. The molecule has 1 saturated heterocycles. The Hall–Kier alpha value is -2.53. The number of hydrogen-bond donors (Lipinski definition) is 0. The standard InChI is InChI=1S/C21H19F3N2O4S2/c22-21(23,24)15-7-4-8-16(9-15)26-18-13-32(28,29)12-17(18)25-20(26)31-11-19(27)30-10-14-5-2-1-3-6-14/h1-9,17-18H,10-13H2/t17-,18-/m0/s1. The average Bonchev–Trinajstić information content (AvgIpc) is 3.21. The number of esters is 1. The molecule has 2 atom stereocenters. The van der Waals surface area contributed by atoms with Crippen molar-refractivity contribution in [3.05, 3.63) is 65.7 Å². The number of ether oxygens (including phenoxy) is 1. The van der Waals surface area contributed by atoms with Gasteiger partial charge in [0, 0.05) is 5.69 Å². The number of alkyl halides is 3. The van der Waals surface area contributed by atoms with Crippen molar-refractivity contribution >= 4 is 38.4 Å². The summed E-state index contributed by atoms with van der Waals surface area (Å²) in [6, 6.07) is 12.6. The smallest absolute Gasteiger partial charge is 0.416 e. The highest BCUT2D eigenvalue weighted by atomic mass is 32.2. The summed E-state index contributed by atoms with van der Waals surface area (Å²) in [6.45, 7) is 0.105. The van der Waals surface area contributed by atoms with Gasteiger partial charge in [0.05, 0.1) is 34.9 Å². The molecule has 1 fully saturated rings. The highest BCUT2D eigenvalue weighted by Crippen LogP contribution is 2.38. The van der Waals surface area contributed by atoms with Gasteiger partial charge >= 0.3 is 12.1 Å². The van der Waals surface area contributed by atoms with Crippen molar-refractivity contribution in [2.24, 2.45) is 4.99 Å². The Labute approximate surface area is 187 Å². The van der Waals surface area contributed by atoms with Gasteiger partial charge in [-0.2, -0.15) is 13.2 Å². The minimum atomic E-state index is -4.54. The number of hydrogen-bond acceptors (Lipinski definition) is 7. The van der Waals surface area contributed by atoms with Crippen molar-refractivity contribution in [1.29, 1.82) is 0 Å². The molecular formula is C21H19F3N2O4S2. The lowest BCUT2D eigenvalue weighted by molar-refractivity contribution is -0.141. The van der Waals surface area contributed by atoms with Crippen molar-refractivity contribution in [1.82, 2.24) is 0 Å². The normalized spacial score (nSPS) is 21.8. The molecule has 0 spiro atoms. The van der Waals surface area contributed by atoms with Gasteiger partial charge in [-0.3, -0.25) is 9.79 Å². The van der Waals surface area contributed by atoms with Crippen molar-refractivity contribution in [3.8, 4) is 0 Å². The van der Waals surface area contributed by atoms with Crippen LogP contribution in [0.25, 0.3) is 0 Å². The molecule has 4 rings (SSSR count). The van der Waals surface area contributed by atoms with E-state index in [0.717, 1.165) is 29.5 Å². The van der Waals surface area contributed by atoms with E-state index in [1.165, 1.54) is 17.0 Å². The van der Waals surface area contributed by atoms with Crippen molar-refractivity contribution < 1.29 is 31.1 Å². The summed E-state index contributed by atoms with van der Waals surface area (Å²) < 4.78 is 69.0. The first kappa shape index (κ1) is 22.7. The van der Waals surface area contributed by atoms with E-state index in [4.69, 9.17) is 4.74 Å². The molecule has 0 aliphatic carbocycles. The molecule has 0 saturated carbocycles. The highest BCUT2D eigenvalue weighted by Gasteiger charge is 2.47. The van der Waals surface area contributed by atoms with Crippen LogP contribution in [0.3, 0.4) is 0 Å². The van der Waals surface area contributed by atoms with Crippen LogP contribution >= 0.6 is 11.8 Å². The Morgan fingerprint density at radius 2 is 1.88 bits per heavy atom. The van der Waals surface area contributed by atoms with Gasteiger partial charge in [0.2, 0.25) is 0 Å². The van der Waals surface area contributed by atoms with E-state index < -0.39 is 39.6 Å². The number of carbonyl (C=O) groups is 1. The van der Waals surface area contributed by atoms with Crippen molar-refractivity contribution in [2.75, 3.05) is 22.2 Å². The van der Waals surface area contributed by atoms with Gasteiger partial charge in [0.1, 0.15) is 6.61 Å². The van der Waals surface area contributed by atoms with Gasteiger partial charge in [-0.25, -0.2) is 8.42 Å². The molecule has 2 aliphatic rings. The van der Waals surface area contributed by atoms with Gasteiger partial charge in [-0.05, 0) is 23.8 Å². The topological polar surface area (TPSA) is 76.0 Å². The Morgan fingerprint density at radius 3 is 2.59 bits per heavy atom. The first-order valence-corrected chi connectivity index (χ1v) is 12.5. The van der Waals surface area contributed by atoms with Crippen molar-refractivity contribution in [3.63, 3.8) is 0 Å². The van der Waals surface area contributed by atoms with Crippen LogP contribution in [0, 0.1) is 0 Å². The number of fused-ring (bicyclic) bond motifs is 1. The number of benzene rings is 2. The number of aliphatic imine (C=N–C) groups is 1. The summed E-state index contributed by atoms with van der Waals surface area (Å²) >= 11 is 1.03. The zero-order valence-corrected chi connectivity index (χ0v) is 18.3. The van der Waals surface area contributed by atoms with Crippen LogP contribution < -0.4 is 4.90 Å².